The fourth-order valence-corrected chi connectivity index (χ4v) is 2.84. The van der Waals surface area contributed by atoms with E-state index in [2.05, 4.69) is 15.5 Å². The molecule has 1 N–H and O–H groups in total. The lowest BCUT2D eigenvalue weighted by Gasteiger charge is -2.22. The predicted octanol–water partition coefficient (Wildman–Crippen LogP) is 0.546. The zero-order valence-electron chi connectivity index (χ0n) is 13.1. The number of aromatic nitrogens is 4. The number of carbonyl (C=O) groups is 2. The lowest BCUT2D eigenvalue weighted by atomic mass is 10.2. The van der Waals surface area contributed by atoms with E-state index in [4.69, 9.17) is 0 Å². The van der Waals surface area contributed by atoms with E-state index < -0.39 is 0 Å². The Morgan fingerprint density at radius 1 is 1.33 bits per heavy atom. The number of fused-ring (bicyclic) bond motifs is 2. The summed E-state index contributed by atoms with van der Waals surface area (Å²) < 4.78 is 3.35. The second-order valence-electron chi connectivity index (χ2n) is 5.74. The van der Waals surface area contributed by atoms with Gasteiger partial charge in [-0.25, -0.2) is 4.52 Å². The molecule has 122 valence electrons. The molecule has 0 bridgehead atoms. The molecule has 8 heteroatoms. The second kappa shape index (κ2) is 5.48. The molecule has 2 amide bonds. The molecule has 3 aromatic heterocycles. The zero-order chi connectivity index (χ0) is 16.7. The van der Waals surface area contributed by atoms with Crippen LogP contribution in [0.4, 0.5) is 0 Å². The predicted molar refractivity (Wildman–Crippen MR) is 85.5 cm³/mol. The highest BCUT2D eigenvalue weighted by atomic mass is 16.2. The number of hydrogen-bond donors (Lipinski definition) is 1. The quantitative estimate of drug-likeness (QED) is 0.762. The van der Waals surface area contributed by atoms with Gasteiger partial charge in [0.1, 0.15) is 5.69 Å². The Labute approximate surface area is 137 Å². The van der Waals surface area contributed by atoms with Gasteiger partial charge < -0.3 is 10.2 Å². The molecular weight excluding hydrogens is 308 g/mol. The van der Waals surface area contributed by atoms with E-state index in [0.717, 1.165) is 11.1 Å². The topological polar surface area (TPSA) is 84.5 Å². The van der Waals surface area contributed by atoms with Gasteiger partial charge in [-0.1, -0.05) is 6.07 Å². The lowest BCUT2D eigenvalue weighted by Crippen LogP contribution is -2.37. The van der Waals surface area contributed by atoms with Crippen LogP contribution < -0.4 is 5.32 Å². The first kappa shape index (κ1) is 14.4. The van der Waals surface area contributed by atoms with Gasteiger partial charge in [-0.05, 0) is 17.7 Å². The maximum Gasteiger partial charge on any atom is 0.272 e. The number of likely N-dealkylation sites (N-methyl/N-ethyl adjacent to an activating group) is 1. The van der Waals surface area contributed by atoms with Gasteiger partial charge in [0.05, 0.1) is 12.1 Å². The number of nitrogens with zero attached hydrogens (tertiary/aromatic N) is 5. The van der Waals surface area contributed by atoms with E-state index in [1.807, 2.05) is 24.4 Å². The Morgan fingerprint density at radius 3 is 3.08 bits per heavy atom. The smallest absolute Gasteiger partial charge is 0.272 e. The number of nitrogens with one attached hydrogen (secondary N) is 1. The van der Waals surface area contributed by atoms with Crippen LogP contribution in [-0.2, 0) is 13.1 Å². The lowest BCUT2D eigenvalue weighted by molar-refractivity contribution is 0.0742. The van der Waals surface area contributed by atoms with Crippen LogP contribution >= 0.6 is 0 Å². The van der Waals surface area contributed by atoms with Gasteiger partial charge in [0.15, 0.2) is 5.69 Å². The summed E-state index contributed by atoms with van der Waals surface area (Å²) in [6.07, 6.45) is 3.57. The number of carbonyl (C=O) groups excluding carboxylic acids is 2. The third kappa shape index (κ3) is 2.32. The summed E-state index contributed by atoms with van der Waals surface area (Å²) in [4.78, 5) is 26.1. The minimum atomic E-state index is -0.297. The normalized spacial score (nSPS) is 14.0. The van der Waals surface area contributed by atoms with E-state index in [1.54, 1.807) is 33.4 Å². The maximum absolute atomic E-state index is 12.4. The monoisotopic (exact) mass is 324 g/mol. The minimum Gasteiger partial charge on any atom is -0.346 e. The standard InChI is InChI=1S/C16H16N6O2/c1-20-7-8-22-14(16(20)24)9-12(19-22)15(23)17-10-11-3-2-6-21-13(11)4-5-18-21/h2-6,9H,7-8,10H2,1H3,(H,17,23). The van der Waals surface area contributed by atoms with Gasteiger partial charge in [-0.3, -0.25) is 14.3 Å². The Hall–Kier alpha value is -3.16. The van der Waals surface area contributed by atoms with Gasteiger partial charge in [0.2, 0.25) is 0 Å². The van der Waals surface area contributed by atoms with Crippen LogP contribution in [0, 0.1) is 0 Å². The van der Waals surface area contributed by atoms with Gasteiger partial charge in [0.25, 0.3) is 11.8 Å². The third-order valence-corrected chi connectivity index (χ3v) is 4.19. The van der Waals surface area contributed by atoms with Crippen molar-refractivity contribution in [1.29, 1.82) is 0 Å². The van der Waals surface area contributed by atoms with E-state index in [9.17, 15) is 9.59 Å². The summed E-state index contributed by atoms with van der Waals surface area (Å²) in [7, 11) is 1.74. The van der Waals surface area contributed by atoms with Crippen LogP contribution in [-0.4, -0.2) is 49.7 Å². The summed E-state index contributed by atoms with van der Waals surface area (Å²) in [6.45, 7) is 1.56. The van der Waals surface area contributed by atoms with Crippen molar-refractivity contribution in [2.45, 2.75) is 13.1 Å². The molecule has 0 radical (unpaired) electrons. The molecule has 0 saturated heterocycles. The average Bonchev–Trinajstić information content (AvgIpc) is 3.23. The summed E-state index contributed by atoms with van der Waals surface area (Å²) in [5.41, 5.74) is 2.61. The van der Waals surface area contributed by atoms with Crippen molar-refractivity contribution >= 4 is 17.3 Å². The highest BCUT2D eigenvalue weighted by Gasteiger charge is 2.25. The number of rotatable bonds is 3. The van der Waals surface area contributed by atoms with Crippen molar-refractivity contribution in [3.8, 4) is 0 Å². The van der Waals surface area contributed by atoms with Crippen molar-refractivity contribution in [2.24, 2.45) is 0 Å². The molecule has 0 saturated carbocycles. The summed E-state index contributed by atoms with van der Waals surface area (Å²) in [5.74, 6) is -0.411. The average molecular weight is 324 g/mol. The fourth-order valence-electron chi connectivity index (χ4n) is 2.84. The van der Waals surface area contributed by atoms with Crippen molar-refractivity contribution < 1.29 is 9.59 Å². The number of amides is 2. The van der Waals surface area contributed by atoms with Crippen molar-refractivity contribution in [1.82, 2.24) is 29.6 Å². The molecule has 4 heterocycles. The first-order chi connectivity index (χ1) is 11.6. The summed E-state index contributed by atoms with van der Waals surface area (Å²) >= 11 is 0. The molecule has 4 rings (SSSR count). The molecule has 0 spiro atoms. The SMILES string of the molecule is CN1CCn2nc(C(=O)NCc3cccn4nccc34)cc2C1=O. The van der Waals surface area contributed by atoms with Crippen LogP contribution in [0.25, 0.3) is 5.52 Å². The Morgan fingerprint density at radius 2 is 2.21 bits per heavy atom. The number of pyridine rings is 1. The van der Waals surface area contributed by atoms with Crippen molar-refractivity contribution in [2.75, 3.05) is 13.6 Å². The molecule has 0 unspecified atom stereocenters. The molecule has 0 aliphatic carbocycles. The van der Waals surface area contributed by atoms with Gasteiger partial charge in [-0.15, -0.1) is 0 Å². The molecule has 1 aliphatic heterocycles. The Bertz CT molecular complexity index is 941. The summed E-state index contributed by atoms with van der Waals surface area (Å²) in [5, 5.41) is 11.3. The molecule has 0 atom stereocenters. The first-order valence-corrected chi connectivity index (χ1v) is 7.66. The van der Waals surface area contributed by atoms with Gasteiger partial charge in [-0.2, -0.15) is 10.2 Å². The van der Waals surface area contributed by atoms with E-state index in [1.165, 1.54) is 0 Å². The van der Waals surface area contributed by atoms with Crippen LogP contribution in [0.2, 0.25) is 0 Å². The minimum absolute atomic E-state index is 0.114. The van der Waals surface area contributed by atoms with E-state index >= 15 is 0 Å². The van der Waals surface area contributed by atoms with E-state index in [-0.39, 0.29) is 17.5 Å². The third-order valence-electron chi connectivity index (χ3n) is 4.19. The van der Waals surface area contributed by atoms with Crippen LogP contribution in [0.15, 0.2) is 36.7 Å². The first-order valence-electron chi connectivity index (χ1n) is 7.66. The molecule has 24 heavy (non-hydrogen) atoms. The number of hydrogen-bond acceptors (Lipinski definition) is 4. The molecule has 0 aromatic carbocycles. The van der Waals surface area contributed by atoms with Crippen molar-refractivity contribution in [3.05, 3.63) is 53.6 Å². The van der Waals surface area contributed by atoms with Crippen LogP contribution in [0.1, 0.15) is 26.5 Å². The Balaban J connectivity index is 1.52. The fraction of sp³-hybridized carbons (Fsp3) is 0.250. The largest absolute Gasteiger partial charge is 0.346 e. The molecule has 8 nitrogen and oxygen atoms in total. The summed E-state index contributed by atoms with van der Waals surface area (Å²) in [6, 6.07) is 7.26. The highest BCUT2D eigenvalue weighted by Crippen LogP contribution is 2.13. The van der Waals surface area contributed by atoms with Crippen LogP contribution in [0.3, 0.4) is 0 Å². The maximum atomic E-state index is 12.4. The van der Waals surface area contributed by atoms with E-state index in [0.29, 0.717) is 25.3 Å². The second-order valence-corrected chi connectivity index (χ2v) is 5.74. The molecule has 0 fully saturated rings. The highest BCUT2D eigenvalue weighted by molar-refractivity contribution is 5.98. The van der Waals surface area contributed by atoms with Crippen LogP contribution in [0.5, 0.6) is 0 Å². The van der Waals surface area contributed by atoms with Crippen molar-refractivity contribution in [3.63, 3.8) is 0 Å². The molecule has 1 aliphatic rings. The molecule has 3 aromatic rings. The van der Waals surface area contributed by atoms with Gasteiger partial charge >= 0.3 is 0 Å². The zero-order valence-corrected chi connectivity index (χ0v) is 13.1. The van der Waals surface area contributed by atoms with Gasteiger partial charge in [0, 0.05) is 38.6 Å². The molecular formula is C16H16N6O2. The Kier molecular flexibility index (Phi) is 3.30.